The Hall–Kier alpha value is -1.45. The highest BCUT2D eigenvalue weighted by Gasteiger charge is 2.54. The normalized spacial score (nSPS) is 35.2. The van der Waals surface area contributed by atoms with Gasteiger partial charge in [0.05, 0.1) is 17.6 Å². The van der Waals surface area contributed by atoms with E-state index in [1.165, 1.54) is 56.1 Å². The molecule has 0 aromatic rings. The van der Waals surface area contributed by atoms with Crippen LogP contribution in [-0.2, 0) is 4.79 Å². The number of carbonyl (C=O) groups is 1. The number of fused-ring (bicyclic) bond motifs is 1. The number of hydrogen-bond donors (Lipinski definition) is 2. The molecule has 0 aliphatic heterocycles. The van der Waals surface area contributed by atoms with E-state index in [9.17, 15) is 15.0 Å². The summed E-state index contributed by atoms with van der Waals surface area (Å²) >= 11 is 0. The van der Waals surface area contributed by atoms with E-state index in [1.807, 2.05) is 6.08 Å². The van der Waals surface area contributed by atoms with E-state index < -0.39 is 11.5 Å². The molecule has 6 atom stereocenters. The molecule has 3 nitrogen and oxygen atoms in total. The lowest BCUT2D eigenvalue weighted by Gasteiger charge is -2.44. The fraction of sp³-hybridized carbons (Fsp3) is 0.735. The van der Waals surface area contributed by atoms with Crippen molar-refractivity contribution in [3.05, 3.63) is 47.6 Å². The third-order valence-corrected chi connectivity index (χ3v) is 10.6. The van der Waals surface area contributed by atoms with Gasteiger partial charge in [-0.05, 0) is 99.4 Å². The third-order valence-electron chi connectivity index (χ3n) is 10.6. The highest BCUT2D eigenvalue weighted by Crippen LogP contribution is 2.60. The molecule has 0 aromatic carbocycles. The topological polar surface area (TPSA) is 57.5 Å². The van der Waals surface area contributed by atoms with Gasteiger partial charge in [0, 0.05) is 6.42 Å². The summed E-state index contributed by atoms with van der Waals surface area (Å²) in [6.45, 7) is 11.3. The van der Waals surface area contributed by atoms with Gasteiger partial charge in [-0.3, -0.25) is 4.79 Å². The average Bonchev–Trinajstić information content (AvgIpc) is 3.62. The minimum absolute atomic E-state index is 0.225. The first-order valence-corrected chi connectivity index (χ1v) is 15.4. The molecular formula is C34H52O3. The number of unbranched alkanes of at least 4 members (excludes halogenated alkanes) is 3. The van der Waals surface area contributed by atoms with Crippen LogP contribution in [0.3, 0.4) is 0 Å². The predicted octanol–water partition coefficient (Wildman–Crippen LogP) is 8.03. The molecule has 0 saturated heterocycles. The zero-order chi connectivity index (χ0) is 26.6. The van der Waals surface area contributed by atoms with Crippen molar-refractivity contribution in [2.75, 3.05) is 0 Å². The van der Waals surface area contributed by atoms with Gasteiger partial charge in [0.25, 0.3) is 0 Å². The molecule has 4 aliphatic rings. The van der Waals surface area contributed by atoms with E-state index in [-0.39, 0.29) is 17.3 Å². The Balaban J connectivity index is 1.39. The van der Waals surface area contributed by atoms with Crippen LogP contribution in [0.4, 0.5) is 0 Å². The van der Waals surface area contributed by atoms with E-state index in [0.717, 1.165) is 44.9 Å². The Kier molecular flexibility index (Phi) is 9.39. The van der Waals surface area contributed by atoms with E-state index in [2.05, 4.69) is 45.6 Å². The van der Waals surface area contributed by atoms with Crippen LogP contribution in [0, 0.1) is 28.6 Å². The number of ketones is 1. The molecule has 0 bridgehead atoms. The maximum absolute atomic E-state index is 12.9. The first-order chi connectivity index (χ1) is 17.7. The summed E-state index contributed by atoms with van der Waals surface area (Å²) in [6.07, 6.45) is 23.4. The monoisotopic (exact) mass is 508 g/mol. The van der Waals surface area contributed by atoms with Crippen LogP contribution in [0.5, 0.6) is 0 Å². The maximum atomic E-state index is 12.9. The van der Waals surface area contributed by atoms with Crippen molar-refractivity contribution < 1.29 is 15.0 Å². The smallest absolute Gasteiger partial charge is 0.141 e. The van der Waals surface area contributed by atoms with E-state index in [4.69, 9.17) is 0 Å². The molecule has 0 heterocycles. The molecule has 37 heavy (non-hydrogen) atoms. The number of rotatable bonds is 11. The van der Waals surface area contributed by atoms with Gasteiger partial charge in [0.1, 0.15) is 5.78 Å². The summed E-state index contributed by atoms with van der Waals surface area (Å²) < 4.78 is 0. The summed E-state index contributed by atoms with van der Waals surface area (Å²) in [4.78, 5) is 12.9. The number of aliphatic hydroxyl groups is 2. The van der Waals surface area contributed by atoms with Gasteiger partial charge >= 0.3 is 0 Å². The maximum Gasteiger partial charge on any atom is 0.141 e. The molecule has 2 N–H and O–H groups in total. The highest BCUT2D eigenvalue weighted by atomic mass is 16.3. The van der Waals surface area contributed by atoms with Crippen molar-refractivity contribution in [2.45, 2.75) is 129 Å². The van der Waals surface area contributed by atoms with Crippen LogP contribution in [-0.4, -0.2) is 28.2 Å². The van der Waals surface area contributed by atoms with Crippen LogP contribution in [0.1, 0.15) is 117 Å². The van der Waals surface area contributed by atoms with Gasteiger partial charge < -0.3 is 10.2 Å². The summed E-state index contributed by atoms with van der Waals surface area (Å²) in [5.41, 5.74) is 3.79. The minimum Gasteiger partial charge on any atom is -0.393 e. The van der Waals surface area contributed by atoms with Crippen molar-refractivity contribution in [2.24, 2.45) is 28.6 Å². The fourth-order valence-electron chi connectivity index (χ4n) is 7.97. The first-order valence-electron chi connectivity index (χ1n) is 15.4. The van der Waals surface area contributed by atoms with Crippen LogP contribution >= 0.6 is 0 Å². The van der Waals surface area contributed by atoms with Crippen LogP contribution < -0.4 is 0 Å². The highest BCUT2D eigenvalue weighted by molar-refractivity contribution is 5.88. The minimum atomic E-state index is -0.633. The van der Waals surface area contributed by atoms with Gasteiger partial charge in [-0.15, -0.1) is 0 Å². The van der Waals surface area contributed by atoms with E-state index >= 15 is 0 Å². The second-order valence-electron chi connectivity index (χ2n) is 13.1. The zero-order valence-electron chi connectivity index (χ0n) is 23.8. The third kappa shape index (κ3) is 6.25. The summed E-state index contributed by atoms with van der Waals surface area (Å²) in [7, 11) is 0. The van der Waals surface area contributed by atoms with Gasteiger partial charge in [0.15, 0.2) is 0 Å². The summed E-state index contributed by atoms with van der Waals surface area (Å²) in [6, 6.07) is 0. The van der Waals surface area contributed by atoms with E-state index in [0.29, 0.717) is 24.2 Å². The number of carbonyl (C=O) groups excluding carboxylic acids is 1. The molecular weight excluding hydrogens is 456 g/mol. The molecule has 4 aliphatic carbocycles. The Morgan fingerprint density at radius 3 is 2.59 bits per heavy atom. The number of allylic oxidation sites excluding steroid dienone is 5. The van der Waals surface area contributed by atoms with Gasteiger partial charge in [-0.1, -0.05) is 82.1 Å². The molecule has 0 amide bonds. The summed E-state index contributed by atoms with van der Waals surface area (Å²) in [5.74, 6) is 1.89. The molecule has 0 unspecified atom stereocenters. The van der Waals surface area contributed by atoms with Crippen LogP contribution in [0.25, 0.3) is 0 Å². The standard InChI is InChI=1S/C34H52O3/c1-5-6-7-8-11-31(36)34(21-22-34)32(37)19-13-25(3)29-17-18-30-26(10-9-20-33(29,30)4)14-15-27-23-28(35)16-12-24(27)2/h13-15,19,25,28-30,32,35,37H,2,5-12,16-18,20-23H2,1,3-4H3/t25-,28+,29-,30+,32-,33-/m1/s1. The van der Waals surface area contributed by atoms with Crippen molar-refractivity contribution >= 4 is 5.78 Å². The van der Waals surface area contributed by atoms with E-state index in [1.54, 1.807) is 5.57 Å². The molecule has 4 saturated carbocycles. The molecule has 206 valence electrons. The van der Waals surface area contributed by atoms with Gasteiger partial charge in [-0.2, -0.15) is 0 Å². The largest absolute Gasteiger partial charge is 0.393 e. The predicted molar refractivity (Wildman–Crippen MR) is 153 cm³/mol. The lowest BCUT2D eigenvalue weighted by molar-refractivity contribution is -0.127. The Labute approximate surface area is 226 Å². The van der Waals surface area contributed by atoms with Gasteiger partial charge in [0.2, 0.25) is 0 Å². The summed E-state index contributed by atoms with van der Waals surface area (Å²) in [5, 5.41) is 21.1. The van der Waals surface area contributed by atoms with Crippen molar-refractivity contribution in [1.29, 1.82) is 0 Å². The lowest BCUT2D eigenvalue weighted by atomic mass is 9.61. The molecule has 4 fully saturated rings. The molecule has 0 aromatic heterocycles. The fourth-order valence-corrected chi connectivity index (χ4v) is 7.97. The molecule has 3 heteroatoms. The first kappa shape index (κ1) is 28.6. The Morgan fingerprint density at radius 1 is 1.08 bits per heavy atom. The number of Topliss-reactive ketones (excluding diaryl/α,β-unsaturated/α-hetero) is 1. The van der Waals surface area contributed by atoms with Crippen LogP contribution in [0.2, 0.25) is 0 Å². The van der Waals surface area contributed by atoms with Crippen molar-refractivity contribution in [3.63, 3.8) is 0 Å². The molecule has 0 spiro atoms. The molecule has 4 rings (SSSR count). The SMILES string of the molecule is C=C1CC[C@H](O)CC1=CC=C1CCC[C@]2(C)[C@@H]([C@H](C)C=C[C@@H](O)C3(C(=O)CCCCCC)CC3)CC[C@@H]12. The zero-order valence-corrected chi connectivity index (χ0v) is 23.8. The van der Waals surface area contributed by atoms with Crippen molar-refractivity contribution in [1.82, 2.24) is 0 Å². The van der Waals surface area contributed by atoms with Gasteiger partial charge in [-0.25, -0.2) is 0 Å². The van der Waals surface area contributed by atoms with Crippen molar-refractivity contribution in [3.8, 4) is 0 Å². The second-order valence-corrected chi connectivity index (χ2v) is 13.1. The number of hydrogen-bond acceptors (Lipinski definition) is 3. The number of aliphatic hydroxyl groups excluding tert-OH is 2. The quantitative estimate of drug-likeness (QED) is 0.219. The van der Waals surface area contributed by atoms with Crippen LogP contribution in [0.15, 0.2) is 47.6 Å². The second kappa shape index (κ2) is 12.2. The Bertz CT molecular complexity index is 919. The lowest BCUT2D eigenvalue weighted by Crippen LogP contribution is -2.35. The average molecular weight is 509 g/mol. The molecule has 0 radical (unpaired) electrons. The Morgan fingerprint density at radius 2 is 1.86 bits per heavy atom.